The summed E-state index contributed by atoms with van der Waals surface area (Å²) >= 11 is 0. The van der Waals surface area contributed by atoms with E-state index in [2.05, 4.69) is 21.0 Å². The lowest BCUT2D eigenvalue weighted by Gasteiger charge is -2.05. The van der Waals surface area contributed by atoms with Crippen molar-refractivity contribution in [3.63, 3.8) is 0 Å². The highest BCUT2D eigenvalue weighted by Gasteiger charge is 2.10. The van der Waals surface area contributed by atoms with E-state index in [1.54, 1.807) is 12.4 Å². The quantitative estimate of drug-likeness (QED) is 0.425. The third-order valence-corrected chi connectivity index (χ3v) is 4.42. The number of nitrogens with zero attached hydrogens (tertiary/aromatic N) is 3. The van der Waals surface area contributed by atoms with Gasteiger partial charge >= 0.3 is 0 Å². The van der Waals surface area contributed by atoms with E-state index in [1.165, 1.54) is 6.08 Å². The van der Waals surface area contributed by atoms with Gasteiger partial charge in [-0.2, -0.15) is 5.26 Å². The Balaban J connectivity index is 1.79. The second-order valence-electron chi connectivity index (χ2n) is 6.22. The van der Waals surface area contributed by atoms with Crippen LogP contribution in [0.3, 0.4) is 0 Å². The predicted molar refractivity (Wildman–Crippen MR) is 108 cm³/mol. The molecule has 3 heterocycles. The minimum absolute atomic E-state index is 0.0878. The van der Waals surface area contributed by atoms with Crippen LogP contribution in [0.5, 0.6) is 0 Å². The summed E-state index contributed by atoms with van der Waals surface area (Å²) in [6.45, 7) is 0. The van der Waals surface area contributed by atoms with Gasteiger partial charge in [-0.3, -0.25) is 9.78 Å². The zero-order valence-electron chi connectivity index (χ0n) is 14.8. The molecule has 0 saturated heterocycles. The number of pyridine rings is 2. The van der Waals surface area contributed by atoms with Crippen molar-refractivity contribution in [1.29, 1.82) is 5.26 Å². The number of aromatic amines is 1. The molecule has 0 aliphatic heterocycles. The number of carbonyl (C=O) groups excluding carboxylic acids is 1. The monoisotopic (exact) mass is 365 g/mol. The Morgan fingerprint density at radius 2 is 1.96 bits per heavy atom. The van der Waals surface area contributed by atoms with Gasteiger partial charge in [0.2, 0.25) is 0 Å². The van der Waals surface area contributed by atoms with Crippen LogP contribution in [-0.4, -0.2) is 20.9 Å². The van der Waals surface area contributed by atoms with Crippen LogP contribution in [0.2, 0.25) is 0 Å². The van der Waals surface area contributed by atoms with Crippen molar-refractivity contribution in [2.45, 2.75) is 0 Å². The summed E-state index contributed by atoms with van der Waals surface area (Å²) < 4.78 is 0. The van der Waals surface area contributed by atoms with Crippen LogP contribution >= 0.6 is 0 Å². The van der Waals surface area contributed by atoms with Gasteiger partial charge in [-0.25, -0.2) is 4.98 Å². The summed E-state index contributed by atoms with van der Waals surface area (Å²) in [6, 6.07) is 15.3. The molecular weight excluding hydrogens is 350 g/mol. The fraction of sp³-hybridized carbons (Fsp3) is 0. The number of amides is 1. The van der Waals surface area contributed by atoms with Crippen molar-refractivity contribution in [1.82, 2.24) is 15.0 Å². The number of carbonyl (C=O) groups is 1. The molecule has 28 heavy (non-hydrogen) atoms. The molecule has 4 rings (SSSR count). The number of nitriles is 1. The number of aromatic nitrogens is 3. The lowest BCUT2D eigenvalue weighted by atomic mass is 10.0. The Kier molecular flexibility index (Phi) is 4.40. The summed E-state index contributed by atoms with van der Waals surface area (Å²) in [4.78, 5) is 23.2. The van der Waals surface area contributed by atoms with E-state index in [0.29, 0.717) is 0 Å². The second-order valence-corrected chi connectivity index (χ2v) is 6.22. The zero-order valence-corrected chi connectivity index (χ0v) is 14.8. The standard InChI is InChI=1S/C22H15N5O/c23-10-17(21(24)28)8-14-3-1-4-15(7-14)18-9-19-20(13-27-22(19)26-12-18)16-5-2-6-25-11-16/h1-9,11-13H,(H2,24,28)(H,26,27). The Bertz CT molecular complexity index is 1250. The molecule has 1 amide bonds. The summed E-state index contributed by atoms with van der Waals surface area (Å²) in [7, 11) is 0. The maximum absolute atomic E-state index is 11.3. The van der Waals surface area contributed by atoms with Gasteiger partial charge in [-0.1, -0.05) is 24.3 Å². The number of benzene rings is 1. The van der Waals surface area contributed by atoms with Gasteiger partial charge in [0, 0.05) is 46.9 Å². The molecule has 0 aliphatic rings. The molecule has 1 aromatic carbocycles. The number of rotatable bonds is 4. The van der Waals surface area contributed by atoms with Crippen LogP contribution in [-0.2, 0) is 4.79 Å². The summed E-state index contributed by atoms with van der Waals surface area (Å²) in [5, 5.41) is 10.0. The van der Waals surface area contributed by atoms with Gasteiger partial charge in [0.25, 0.3) is 5.91 Å². The molecule has 0 fully saturated rings. The maximum atomic E-state index is 11.3. The normalized spacial score (nSPS) is 11.3. The minimum atomic E-state index is -0.746. The Morgan fingerprint density at radius 3 is 2.71 bits per heavy atom. The van der Waals surface area contributed by atoms with Gasteiger partial charge in [0.1, 0.15) is 17.3 Å². The molecule has 0 radical (unpaired) electrons. The first-order valence-electron chi connectivity index (χ1n) is 8.55. The largest absolute Gasteiger partial charge is 0.365 e. The molecule has 0 unspecified atom stereocenters. The lowest BCUT2D eigenvalue weighted by Crippen LogP contribution is -2.12. The summed E-state index contributed by atoms with van der Waals surface area (Å²) in [5.41, 5.74) is 10.5. The van der Waals surface area contributed by atoms with E-state index < -0.39 is 5.91 Å². The topological polar surface area (TPSA) is 108 Å². The molecule has 0 spiro atoms. The Morgan fingerprint density at radius 1 is 1.11 bits per heavy atom. The third kappa shape index (κ3) is 3.24. The van der Waals surface area contributed by atoms with Crippen LogP contribution in [0.25, 0.3) is 39.4 Å². The number of fused-ring (bicyclic) bond motifs is 1. The van der Waals surface area contributed by atoms with Crippen LogP contribution in [0, 0.1) is 11.3 Å². The van der Waals surface area contributed by atoms with Crippen molar-refractivity contribution in [2.24, 2.45) is 5.73 Å². The maximum Gasteiger partial charge on any atom is 0.259 e. The smallest absolute Gasteiger partial charge is 0.259 e. The summed E-state index contributed by atoms with van der Waals surface area (Å²) in [5.74, 6) is -0.746. The summed E-state index contributed by atoms with van der Waals surface area (Å²) in [6.07, 6.45) is 8.74. The zero-order chi connectivity index (χ0) is 19.5. The fourth-order valence-electron chi connectivity index (χ4n) is 3.06. The number of primary amides is 1. The minimum Gasteiger partial charge on any atom is -0.365 e. The predicted octanol–water partition coefficient (Wildman–Crippen LogP) is 3.68. The van der Waals surface area contributed by atoms with E-state index in [0.717, 1.165) is 38.9 Å². The average molecular weight is 365 g/mol. The Labute approximate surface area is 161 Å². The number of nitrogens with one attached hydrogen (secondary N) is 1. The third-order valence-electron chi connectivity index (χ3n) is 4.42. The van der Waals surface area contributed by atoms with E-state index in [4.69, 9.17) is 11.0 Å². The molecule has 134 valence electrons. The highest BCUT2D eigenvalue weighted by Crippen LogP contribution is 2.31. The van der Waals surface area contributed by atoms with E-state index in [-0.39, 0.29) is 5.57 Å². The van der Waals surface area contributed by atoms with Crippen LogP contribution < -0.4 is 5.73 Å². The van der Waals surface area contributed by atoms with Crippen molar-refractivity contribution in [2.75, 3.05) is 0 Å². The van der Waals surface area contributed by atoms with Gasteiger partial charge in [-0.15, -0.1) is 0 Å². The number of hydrogen-bond donors (Lipinski definition) is 2. The van der Waals surface area contributed by atoms with Gasteiger partial charge < -0.3 is 10.7 Å². The number of hydrogen-bond acceptors (Lipinski definition) is 4. The molecule has 0 aliphatic carbocycles. The van der Waals surface area contributed by atoms with Crippen LogP contribution in [0.1, 0.15) is 5.56 Å². The molecule has 6 nitrogen and oxygen atoms in total. The first-order chi connectivity index (χ1) is 13.7. The van der Waals surface area contributed by atoms with Crippen LogP contribution in [0.15, 0.2) is 72.8 Å². The molecule has 3 N–H and O–H groups in total. The first-order valence-corrected chi connectivity index (χ1v) is 8.55. The molecular formula is C22H15N5O. The second kappa shape index (κ2) is 7.17. The van der Waals surface area contributed by atoms with Gasteiger partial charge in [0.05, 0.1) is 0 Å². The molecule has 0 bridgehead atoms. The van der Waals surface area contributed by atoms with Crippen molar-refractivity contribution in [3.05, 3.63) is 78.4 Å². The van der Waals surface area contributed by atoms with Crippen molar-refractivity contribution < 1.29 is 4.79 Å². The fourth-order valence-corrected chi connectivity index (χ4v) is 3.06. The Hall–Kier alpha value is -4.24. The van der Waals surface area contributed by atoms with Crippen molar-refractivity contribution in [3.8, 4) is 28.3 Å². The van der Waals surface area contributed by atoms with Crippen LogP contribution in [0.4, 0.5) is 0 Å². The van der Waals surface area contributed by atoms with Gasteiger partial charge in [0.15, 0.2) is 0 Å². The first kappa shape index (κ1) is 17.2. The van der Waals surface area contributed by atoms with Crippen molar-refractivity contribution >= 4 is 23.0 Å². The molecule has 6 heteroatoms. The molecule has 4 aromatic rings. The highest BCUT2D eigenvalue weighted by atomic mass is 16.1. The SMILES string of the molecule is N#CC(=Cc1cccc(-c2cnc3[nH]cc(-c4cccnc4)c3c2)c1)C(N)=O. The lowest BCUT2D eigenvalue weighted by molar-refractivity contribution is -0.114. The molecule has 0 atom stereocenters. The number of H-pyrrole nitrogens is 1. The number of nitrogens with two attached hydrogens (primary N) is 1. The van der Waals surface area contributed by atoms with Gasteiger partial charge in [-0.05, 0) is 35.4 Å². The highest BCUT2D eigenvalue weighted by molar-refractivity contribution is 6.00. The molecule has 3 aromatic heterocycles. The van der Waals surface area contributed by atoms with E-state index >= 15 is 0 Å². The average Bonchev–Trinajstić information content (AvgIpc) is 3.16. The van der Waals surface area contributed by atoms with E-state index in [1.807, 2.05) is 54.9 Å². The van der Waals surface area contributed by atoms with E-state index in [9.17, 15) is 4.79 Å². The molecule has 0 saturated carbocycles.